The molecule has 4 aromatic rings. The smallest absolute Gasteiger partial charge is 0.251 e. The molecular weight excluding hydrogens is 389 g/mol. The molecule has 0 aliphatic carbocycles. The summed E-state index contributed by atoms with van der Waals surface area (Å²) in [6.07, 6.45) is 0. The van der Waals surface area contributed by atoms with Gasteiger partial charge in [0.15, 0.2) is 0 Å². The highest BCUT2D eigenvalue weighted by molar-refractivity contribution is 6.30. The first-order valence-corrected chi connectivity index (χ1v) is 9.66. The Hall–Kier alpha value is -3.18. The summed E-state index contributed by atoms with van der Waals surface area (Å²) in [6.45, 7) is 2.18. The van der Waals surface area contributed by atoms with Crippen molar-refractivity contribution in [3.8, 4) is 0 Å². The van der Waals surface area contributed by atoms with Crippen LogP contribution in [0.1, 0.15) is 34.7 Å². The minimum Gasteiger partial charge on any atom is -0.342 e. The van der Waals surface area contributed by atoms with E-state index in [1.165, 1.54) is 6.07 Å². The summed E-state index contributed by atoms with van der Waals surface area (Å²) in [7, 11) is 0. The molecule has 6 heteroatoms. The molecular formula is C23H19ClFN3O. The monoisotopic (exact) mass is 407 g/mol. The number of hydrogen-bond acceptors (Lipinski definition) is 2. The number of nitrogens with zero attached hydrogens (tertiary/aromatic N) is 2. The van der Waals surface area contributed by atoms with Gasteiger partial charge >= 0.3 is 0 Å². The fourth-order valence-corrected chi connectivity index (χ4v) is 3.55. The molecule has 3 aromatic carbocycles. The van der Waals surface area contributed by atoms with Crippen LogP contribution in [0.5, 0.6) is 0 Å². The molecule has 146 valence electrons. The second-order valence-electron chi connectivity index (χ2n) is 6.84. The number of imidazole rings is 1. The Balaban J connectivity index is 1.69. The van der Waals surface area contributed by atoms with Crippen LogP contribution in [-0.4, -0.2) is 15.5 Å². The zero-order valence-electron chi connectivity index (χ0n) is 15.8. The van der Waals surface area contributed by atoms with Gasteiger partial charge in [0.1, 0.15) is 11.6 Å². The Labute approximate surface area is 173 Å². The van der Waals surface area contributed by atoms with Gasteiger partial charge < -0.3 is 9.88 Å². The number of nitrogens with one attached hydrogen (secondary N) is 1. The van der Waals surface area contributed by atoms with Crippen molar-refractivity contribution in [3.05, 3.63) is 101 Å². The Morgan fingerprint density at radius 2 is 1.86 bits per heavy atom. The van der Waals surface area contributed by atoms with E-state index in [1.54, 1.807) is 36.4 Å². The first-order chi connectivity index (χ1) is 14.0. The van der Waals surface area contributed by atoms with Crippen LogP contribution in [0.3, 0.4) is 0 Å². The summed E-state index contributed by atoms with van der Waals surface area (Å²) in [5.74, 6) is 0.140. The quantitative estimate of drug-likeness (QED) is 0.483. The maximum absolute atomic E-state index is 14.3. The highest BCUT2D eigenvalue weighted by atomic mass is 35.5. The molecule has 0 unspecified atom stereocenters. The van der Waals surface area contributed by atoms with Gasteiger partial charge in [-0.1, -0.05) is 48.0 Å². The first kappa shape index (κ1) is 19.2. The summed E-state index contributed by atoms with van der Waals surface area (Å²) in [4.78, 5) is 17.4. The van der Waals surface area contributed by atoms with Crippen LogP contribution >= 0.6 is 11.6 Å². The molecule has 0 saturated carbocycles. The lowest BCUT2D eigenvalue weighted by atomic mass is 10.2. The van der Waals surface area contributed by atoms with Crippen molar-refractivity contribution in [2.24, 2.45) is 0 Å². The van der Waals surface area contributed by atoms with Gasteiger partial charge in [-0.25, -0.2) is 9.37 Å². The zero-order valence-corrected chi connectivity index (χ0v) is 16.5. The van der Waals surface area contributed by atoms with Crippen LogP contribution in [0, 0.1) is 5.82 Å². The van der Waals surface area contributed by atoms with Gasteiger partial charge in [0.05, 0.1) is 23.6 Å². The van der Waals surface area contributed by atoms with E-state index in [0.29, 0.717) is 28.5 Å². The number of carbonyl (C=O) groups is 1. The summed E-state index contributed by atoms with van der Waals surface area (Å²) in [5, 5.41) is 3.46. The number of amides is 1. The van der Waals surface area contributed by atoms with Gasteiger partial charge in [-0.05, 0) is 43.3 Å². The van der Waals surface area contributed by atoms with Gasteiger partial charge in [0, 0.05) is 16.1 Å². The summed E-state index contributed by atoms with van der Waals surface area (Å²) in [6, 6.07) is 20.7. The predicted molar refractivity (Wildman–Crippen MR) is 113 cm³/mol. The van der Waals surface area contributed by atoms with Gasteiger partial charge in [0.2, 0.25) is 0 Å². The normalized spacial score (nSPS) is 12.1. The number of fused-ring (bicyclic) bond motifs is 1. The van der Waals surface area contributed by atoms with Crippen LogP contribution in [0.4, 0.5) is 4.39 Å². The first-order valence-electron chi connectivity index (χ1n) is 9.28. The van der Waals surface area contributed by atoms with Gasteiger partial charge in [0.25, 0.3) is 5.91 Å². The van der Waals surface area contributed by atoms with Crippen LogP contribution in [0.15, 0.2) is 72.8 Å². The molecule has 0 aliphatic rings. The number of rotatable bonds is 5. The molecule has 0 fully saturated rings. The molecule has 0 aliphatic heterocycles. The average Bonchev–Trinajstić information content (AvgIpc) is 3.08. The van der Waals surface area contributed by atoms with Crippen LogP contribution in [0.25, 0.3) is 11.0 Å². The minimum atomic E-state index is -0.388. The fourth-order valence-electron chi connectivity index (χ4n) is 3.36. The third kappa shape index (κ3) is 4.00. The molecule has 0 spiro atoms. The molecule has 0 radical (unpaired) electrons. The zero-order chi connectivity index (χ0) is 20.4. The van der Waals surface area contributed by atoms with Crippen molar-refractivity contribution in [1.82, 2.24) is 14.9 Å². The van der Waals surface area contributed by atoms with Crippen molar-refractivity contribution in [1.29, 1.82) is 0 Å². The number of aromatic nitrogens is 2. The fraction of sp³-hybridized carbons (Fsp3) is 0.130. The summed E-state index contributed by atoms with van der Waals surface area (Å²) >= 11 is 5.99. The van der Waals surface area contributed by atoms with Crippen molar-refractivity contribution < 1.29 is 9.18 Å². The van der Waals surface area contributed by atoms with E-state index in [1.807, 2.05) is 41.8 Å². The van der Waals surface area contributed by atoms with E-state index < -0.39 is 0 Å². The van der Waals surface area contributed by atoms with Crippen molar-refractivity contribution in [2.45, 2.75) is 19.5 Å². The van der Waals surface area contributed by atoms with E-state index in [4.69, 9.17) is 16.6 Å². The molecule has 4 rings (SSSR count). The second kappa shape index (κ2) is 8.05. The van der Waals surface area contributed by atoms with E-state index in [2.05, 4.69) is 5.32 Å². The van der Waals surface area contributed by atoms with Crippen molar-refractivity contribution in [2.75, 3.05) is 0 Å². The number of benzene rings is 3. The lowest BCUT2D eigenvalue weighted by Gasteiger charge is -2.17. The largest absolute Gasteiger partial charge is 0.342 e. The number of carbonyl (C=O) groups excluding carboxylic acids is 1. The summed E-state index contributed by atoms with van der Waals surface area (Å²) in [5.41, 5.74) is 2.71. The molecule has 1 heterocycles. The summed E-state index contributed by atoms with van der Waals surface area (Å²) < 4.78 is 16.2. The van der Waals surface area contributed by atoms with E-state index >= 15 is 0 Å². The number of halogens is 2. The SMILES string of the molecule is C[C@H](NC(=O)c1cccc(Cl)c1)c1nc2ccccc2n1Cc1ccccc1F. The standard InChI is InChI=1S/C23H19ClFN3O/c1-15(26-23(29)16-8-6-9-18(24)13-16)22-27-20-11-4-5-12-21(20)28(22)14-17-7-2-3-10-19(17)25/h2-13,15H,14H2,1H3,(H,26,29)/t15-/m0/s1. The molecule has 0 saturated heterocycles. The highest BCUT2D eigenvalue weighted by Gasteiger charge is 2.20. The van der Waals surface area contributed by atoms with Crippen molar-refractivity contribution >= 4 is 28.5 Å². The van der Waals surface area contributed by atoms with Gasteiger partial charge in [-0.15, -0.1) is 0 Å². The van der Waals surface area contributed by atoms with Gasteiger partial charge in [-0.3, -0.25) is 4.79 Å². The second-order valence-corrected chi connectivity index (χ2v) is 7.28. The van der Waals surface area contributed by atoms with E-state index in [0.717, 1.165) is 11.0 Å². The number of para-hydroxylation sites is 2. The Bertz CT molecular complexity index is 1190. The van der Waals surface area contributed by atoms with Crippen molar-refractivity contribution in [3.63, 3.8) is 0 Å². The van der Waals surface area contributed by atoms with Crippen LogP contribution in [0.2, 0.25) is 5.02 Å². The van der Waals surface area contributed by atoms with Gasteiger partial charge in [-0.2, -0.15) is 0 Å². The Morgan fingerprint density at radius 1 is 1.10 bits per heavy atom. The third-order valence-corrected chi connectivity index (χ3v) is 5.03. The molecule has 1 amide bonds. The third-order valence-electron chi connectivity index (χ3n) is 4.79. The molecule has 4 nitrogen and oxygen atoms in total. The van der Waals surface area contributed by atoms with Crippen LogP contribution in [-0.2, 0) is 6.54 Å². The lowest BCUT2D eigenvalue weighted by molar-refractivity contribution is 0.0937. The predicted octanol–water partition coefficient (Wildman–Crippen LogP) is 5.37. The van der Waals surface area contributed by atoms with E-state index in [9.17, 15) is 9.18 Å². The highest BCUT2D eigenvalue weighted by Crippen LogP contribution is 2.23. The van der Waals surface area contributed by atoms with E-state index in [-0.39, 0.29) is 17.8 Å². The molecule has 0 bridgehead atoms. The molecule has 1 atom stereocenters. The number of hydrogen-bond donors (Lipinski definition) is 1. The molecule has 29 heavy (non-hydrogen) atoms. The average molecular weight is 408 g/mol. The molecule has 1 aromatic heterocycles. The minimum absolute atomic E-state index is 0.246. The molecule has 1 N–H and O–H groups in total. The maximum atomic E-state index is 14.3. The lowest BCUT2D eigenvalue weighted by Crippen LogP contribution is -2.29. The Kier molecular flexibility index (Phi) is 5.32. The van der Waals surface area contributed by atoms with Crippen LogP contribution < -0.4 is 5.32 Å². The maximum Gasteiger partial charge on any atom is 0.251 e. The Morgan fingerprint density at radius 3 is 2.66 bits per heavy atom. The topological polar surface area (TPSA) is 46.9 Å².